The maximum atomic E-state index is 8.64. The number of hydrogen-bond donors (Lipinski definition) is 4. The summed E-state index contributed by atoms with van der Waals surface area (Å²) in [4.78, 5) is 12.4. The molecule has 0 aliphatic rings. The quantitative estimate of drug-likeness (QED) is 0.491. The summed E-state index contributed by atoms with van der Waals surface area (Å²) in [5, 5.41) is 17.4. The van der Waals surface area contributed by atoms with Gasteiger partial charge in [-0.25, -0.2) is 0 Å². The highest BCUT2D eigenvalue weighted by Gasteiger charge is 2.03. The van der Waals surface area contributed by atoms with Crippen molar-refractivity contribution in [2.45, 2.75) is 12.8 Å². The van der Waals surface area contributed by atoms with E-state index in [-0.39, 0.29) is 6.61 Å². The normalized spacial score (nSPS) is 9.94. The molecular formula is C9H18N6O. The summed E-state index contributed by atoms with van der Waals surface area (Å²) >= 11 is 0. The molecule has 0 saturated carbocycles. The monoisotopic (exact) mass is 226 g/mol. The van der Waals surface area contributed by atoms with Gasteiger partial charge in [0.15, 0.2) is 0 Å². The molecule has 4 N–H and O–H groups in total. The minimum atomic E-state index is 0.211. The van der Waals surface area contributed by atoms with E-state index < -0.39 is 0 Å². The fourth-order valence-electron chi connectivity index (χ4n) is 1.12. The molecule has 0 unspecified atom stereocenters. The number of aromatic nitrogens is 3. The second kappa shape index (κ2) is 6.78. The van der Waals surface area contributed by atoms with Crippen LogP contribution in [0.5, 0.6) is 0 Å². The Morgan fingerprint density at radius 1 is 0.938 bits per heavy atom. The van der Waals surface area contributed by atoms with Crippen molar-refractivity contribution in [1.29, 1.82) is 0 Å². The number of nitrogens with zero attached hydrogens (tertiary/aromatic N) is 3. The molecule has 7 heteroatoms. The zero-order valence-corrected chi connectivity index (χ0v) is 9.62. The molecule has 0 aromatic carbocycles. The number of hydrogen-bond acceptors (Lipinski definition) is 7. The van der Waals surface area contributed by atoms with Gasteiger partial charge in [-0.2, -0.15) is 15.0 Å². The average Bonchev–Trinajstić information content (AvgIpc) is 2.34. The van der Waals surface area contributed by atoms with Crippen molar-refractivity contribution < 1.29 is 5.11 Å². The Labute approximate surface area is 94.7 Å². The zero-order valence-electron chi connectivity index (χ0n) is 9.62. The molecule has 16 heavy (non-hydrogen) atoms. The fraction of sp³-hybridized carbons (Fsp3) is 0.667. The SMILES string of the molecule is CNc1nc(NC)nc(NCCCCO)n1. The van der Waals surface area contributed by atoms with Crippen LogP contribution in [0.4, 0.5) is 17.8 Å². The van der Waals surface area contributed by atoms with E-state index in [2.05, 4.69) is 30.9 Å². The molecule has 0 amide bonds. The molecule has 1 aromatic rings. The van der Waals surface area contributed by atoms with Gasteiger partial charge < -0.3 is 21.1 Å². The van der Waals surface area contributed by atoms with Crippen molar-refractivity contribution in [2.75, 3.05) is 43.2 Å². The van der Waals surface area contributed by atoms with E-state index in [9.17, 15) is 0 Å². The molecule has 0 aliphatic heterocycles. The first-order valence-corrected chi connectivity index (χ1v) is 5.26. The van der Waals surface area contributed by atoms with E-state index in [1.165, 1.54) is 0 Å². The lowest BCUT2D eigenvalue weighted by atomic mass is 10.3. The lowest BCUT2D eigenvalue weighted by molar-refractivity contribution is 0.286. The van der Waals surface area contributed by atoms with Crippen molar-refractivity contribution in [3.63, 3.8) is 0 Å². The Balaban J connectivity index is 2.57. The van der Waals surface area contributed by atoms with Crippen molar-refractivity contribution in [3.8, 4) is 0 Å². The van der Waals surface area contributed by atoms with Crippen LogP contribution in [0.15, 0.2) is 0 Å². The smallest absolute Gasteiger partial charge is 0.229 e. The number of rotatable bonds is 7. The van der Waals surface area contributed by atoms with Gasteiger partial charge in [-0.15, -0.1) is 0 Å². The first-order chi connectivity index (χ1) is 7.80. The highest BCUT2D eigenvalue weighted by molar-refractivity contribution is 5.41. The molecular weight excluding hydrogens is 208 g/mol. The number of nitrogens with one attached hydrogen (secondary N) is 3. The van der Waals surface area contributed by atoms with Crippen LogP contribution >= 0.6 is 0 Å². The number of unbranched alkanes of at least 4 members (excludes halogenated alkanes) is 1. The third kappa shape index (κ3) is 3.85. The van der Waals surface area contributed by atoms with Crippen LogP contribution in [0.1, 0.15) is 12.8 Å². The summed E-state index contributed by atoms with van der Waals surface area (Å²) in [6, 6.07) is 0. The van der Waals surface area contributed by atoms with Gasteiger partial charge in [0.25, 0.3) is 0 Å². The number of aliphatic hydroxyl groups is 1. The van der Waals surface area contributed by atoms with Gasteiger partial charge in [-0.3, -0.25) is 0 Å². The Morgan fingerprint density at radius 3 is 2.00 bits per heavy atom. The highest BCUT2D eigenvalue weighted by atomic mass is 16.2. The molecule has 90 valence electrons. The number of aliphatic hydroxyl groups excluding tert-OH is 1. The average molecular weight is 226 g/mol. The lowest BCUT2D eigenvalue weighted by Crippen LogP contribution is -2.10. The predicted octanol–water partition coefficient (Wildman–Crippen LogP) is 0.139. The summed E-state index contributed by atoms with van der Waals surface area (Å²) in [6.07, 6.45) is 1.65. The fourth-order valence-corrected chi connectivity index (χ4v) is 1.12. The van der Waals surface area contributed by atoms with Crippen LogP contribution in [-0.4, -0.2) is 47.3 Å². The summed E-state index contributed by atoms with van der Waals surface area (Å²) in [7, 11) is 3.51. The first-order valence-electron chi connectivity index (χ1n) is 5.26. The maximum Gasteiger partial charge on any atom is 0.229 e. The van der Waals surface area contributed by atoms with Gasteiger partial charge in [-0.1, -0.05) is 0 Å². The van der Waals surface area contributed by atoms with E-state index >= 15 is 0 Å². The van der Waals surface area contributed by atoms with E-state index in [1.54, 1.807) is 14.1 Å². The van der Waals surface area contributed by atoms with Crippen LogP contribution in [0.3, 0.4) is 0 Å². The van der Waals surface area contributed by atoms with Crippen LogP contribution in [0.25, 0.3) is 0 Å². The van der Waals surface area contributed by atoms with Crippen molar-refractivity contribution in [3.05, 3.63) is 0 Å². The lowest BCUT2D eigenvalue weighted by Gasteiger charge is -2.07. The van der Waals surface area contributed by atoms with Gasteiger partial charge in [0, 0.05) is 27.2 Å². The topological polar surface area (TPSA) is 95.0 Å². The summed E-state index contributed by atoms with van der Waals surface area (Å²) in [6.45, 7) is 0.944. The highest BCUT2D eigenvalue weighted by Crippen LogP contribution is 2.07. The van der Waals surface area contributed by atoms with E-state index in [0.717, 1.165) is 19.4 Å². The summed E-state index contributed by atoms with van der Waals surface area (Å²) in [5.41, 5.74) is 0. The molecule has 0 fully saturated rings. The Morgan fingerprint density at radius 2 is 1.50 bits per heavy atom. The van der Waals surface area contributed by atoms with Gasteiger partial charge in [0.2, 0.25) is 17.8 Å². The molecule has 0 atom stereocenters. The molecule has 0 bridgehead atoms. The molecule has 0 saturated heterocycles. The van der Waals surface area contributed by atoms with E-state index in [4.69, 9.17) is 5.11 Å². The first kappa shape index (κ1) is 12.4. The van der Waals surface area contributed by atoms with Gasteiger partial charge in [-0.05, 0) is 12.8 Å². The van der Waals surface area contributed by atoms with Crippen molar-refractivity contribution in [2.24, 2.45) is 0 Å². The van der Waals surface area contributed by atoms with Gasteiger partial charge in [0.1, 0.15) is 0 Å². The zero-order chi connectivity index (χ0) is 11.8. The summed E-state index contributed by atoms with van der Waals surface area (Å²) in [5.74, 6) is 1.56. The predicted molar refractivity (Wildman–Crippen MR) is 63.7 cm³/mol. The molecule has 1 rings (SSSR count). The molecule has 0 spiro atoms. The largest absolute Gasteiger partial charge is 0.396 e. The molecule has 1 heterocycles. The van der Waals surface area contributed by atoms with Crippen LogP contribution in [0, 0.1) is 0 Å². The molecule has 0 radical (unpaired) electrons. The Kier molecular flexibility index (Phi) is 5.27. The third-order valence-electron chi connectivity index (χ3n) is 1.95. The van der Waals surface area contributed by atoms with Crippen molar-refractivity contribution in [1.82, 2.24) is 15.0 Å². The molecule has 0 aliphatic carbocycles. The maximum absolute atomic E-state index is 8.64. The second-order valence-corrected chi connectivity index (χ2v) is 3.16. The molecule has 7 nitrogen and oxygen atoms in total. The van der Waals surface area contributed by atoms with Crippen molar-refractivity contribution >= 4 is 17.8 Å². The standard InChI is InChI=1S/C9H18N6O/c1-10-7-13-8(11-2)15-9(14-7)12-5-3-4-6-16/h16H,3-6H2,1-2H3,(H3,10,11,12,13,14,15). The Bertz CT molecular complexity index is 297. The molecule has 1 aromatic heterocycles. The van der Waals surface area contributed by atoms with Gasteiger partial charge >= 0.3 is 0 Å². The van der Waals surface area contributed by atoms with E-state index in [1.807, 2.05) is 0 Å². The van der Waals surface area contributed by atoms with Crippen LogP contribution < -0.4 is 16.0 Å². The van der Waals surface area contributed by atoms with Crippen LogP contribution in [-0.2, 0) is 0 Å². The third-order valence-corrected chi connectivity index (χ3v) is 1.95. The second-order valence-electron chi connectivity index (χ2n) is 3.16. The minimum absolute atomic E-state index is 0.211. The summed E-state index contributed by atoms with van der Waals surface area (Å²) < 4.78 is 0. The van der Waals surface area contributed by atoms with E-state index in [0.29, 0.717) is 17.8 Å². The minimum Gasteiger partial charge on any atom is -0.396 e. The number of anilines is 3. The van der Waals surface area contributed by atoms with Crippen LogP contribution in [0.2, 0.25) is 0 Å². The Hall–Kier alpha value is -1.63. The van der Waals surface area contributed by atoms with Gasteiger partial charge in [0.05, 0.1) is 0 Å².